The first kappa shape index (κ1) is 26.7. The van der Waals surface area contributed by atoms with E-state index in [1.165, 1.54) is 19.4 Å². The number of ether oxygens (including phenoxy) is 2. The van der Waals surface area contributed by atoms with Crippen LogP contribution in [0.25, 0.3) is 22.2 Å². The number of hydrogen-bond donors (Lipinski definition) is 1. The van der Waals surface area contributed by atoms with Crippen LogP contribution >= 0.6 is 11.6 Å². The van der Waals surface area contributed by atoms with Crippen molar-refractivity contribution < 1.29 is 14.4 Å². The zero-order valence-electron chi connectivity index (χ0n) is 22.3. The summed E-state index contributed by atoms with van der Waals surface area (Å²) in [6.45, 7) is 3.15. The molecule has 2 aromatic heterocycles. The van der Waals surface area contributed by atoms with Gasteiger partial charge in [0.05, 0.1) is 53.5 Å². The largest absolute Gasteiger partial charge is 0.494 e. The first-order valence-electron chi connectivity index (χ1n) is 12.5. The second-order valence-corrected chi connectivity index (χ2v) is 9.99. The summed E-state index contributed by atoms with van der Waals surface area (Å²) in [5.74, 6) is 0.656. The van der Waals surface area contributed by atoms with E-state index >= 15 is 0 Å². The molecule has 0 amide bonds. The van der Waals surface area contributed by atoms with Crippen LogP contribution in [0.5, 0.6) is 5.75 Å². The lowest BCUT2D eigenvalue weighted by Gasteiger charge is -2.22. The van der Waals surface area contributed by atoms with Crippen LogP contribution in [0.4, 0.5) is 23.0 Å². The number of para-hydroxylation sites is 1. The van der Waals surface area contributed by atoms with Gasteiger partial charge in [-0.3, -0.25) is 10.1 Å². The number of nitro groups is 1. The maximum absolute atomic E-state index is 12.0. The second-order valence-electron chi connectivity index (χ2n) is 9.58. The molecule has 4 aromatic rings. The topological polar surface area (TPSA) is 111 Å². The van der Waals surface area contributed by atoms with Crippen molar-refractivity contribution in [3.8, 4) is 17.0 Å². The zero-order chi connectivity index (χ0) is 27.7. The number of nitrogens with one attached hydrogen (secondary N) is 1. The first-order chi connectivity index (χ1) is 18.8. The number of halogens is 1. The Labute approximate surface area is 231 Å². The van der Waals surface area contributed by atoms with Crippen molar-refractivity contribution in [2.24, 2.45) is 0 Å². The quantitative estimate of drug-likeness (QED) is 0.228. The number of nitro benzene ring substituents is 1. The average molecular weight is 552 g/mol. The number of hydrogen-bond acceptors (Lipinski definition) is 9. The Hall–Kier alpha value is -3.93. The summed E-state index contributed by atoms with van der Waals surface area (Å²) in [5.41, 5.74) is 4.28. The summed E-state index contributed by atoms with van der Waals surface area (Å²) in [6, 6.07) is 11.2. The fourth-order valence-electron chi connectivity index (χ4n) is 4.82. The number of nitrogens with zero attached hydrogens (tertiary/aromatic N) is 6. The van der Waals surface area contributed by atoms with E-state index < -0.39 is 4.92 Å². The van der Waals surface area contributed by atoms with Crippen molar-refractivity contribution in [1.29, 1.82) is 0 Å². The molecule has 39 heavy (non-hydrogen) atoms. The van der Waals surface area contributed by atoms with Gasteiger partial charge in [0.15, 0.2) is 0 Å². The fourth-order valence-corrected chi connectivity index (χ4v) is 5.01. The molecule has 11 nitrogen and oxygen atoms in total. The molecule has 0 bridgehead atoms. The molecule has 204 valence electrons. The van der Waals surface area contributed by atoms with Crippen LogP contribution in [0.15, 0.2) is 42.6 Å². The molecule has 0 fully saturated rings. The van der Waals surface area contributed by atoms with E-state index in [0.717, 1.165) is 35.2 Å². The molecule has 1 N–H and O–H groups in total. The van der Waals surface area contributed by atoms with Crippen LogP contribution in [0, 0.1) is 10.1 Å². The Bertz CT molecular complexity index is 1540. The molecule has 0 unspecified atom stereocenters. The third-order valence-electron chi connectivity index (χ3n) is 6.79. The Morgan fingerprint density at radius 3 is 2.77 bits per heavy atom. The number of aromatic nitrogens is 3. The molecule has 0 saturated carbocycles. The van der Waals surface area contributed by atoms with E-state index in [-0.39, 0.29) is 11.6 Å². The summed E-state index contributed by atoms with van der Waals surface area (Å²) in [4.78, 5) is 24.6. The first-order valence-corrected chi connectivity index (χ1v) is 12.9. The van der Waals surface area contributed by atoms with Crippen molar-refractivity contribution >= 4 is 45.5 Å². The molecule has 12 heteroatoms. The standard InChI is InChI=1S/C27H30ClN7O4/c1-32(2)9-10-33(3)21-14-24(38-4)19(13-22(21)35(36)37)30-27-29-15-18(28)26(31-27)25-17-7-5-6-8-20(17)34-11-12-39-16-23(25)34/h5-8,13-15H,9-12,16H2,1-4H3,(H,29,30,31). The third-order valence-corrected chi connectivity index (χ3v) is 7.07. The van der Waals surface area contributed by atoms with Crippen LogP contribution < -0.4 is 15.0 Å². The van der Waals surface area contributed by atoms with Gasteiger partial charge in [0.25, 0.3) is 5.69 Å². The summed E-state index contributed by atoms with van der Waals surface area (Å²) >= 11 is 6.64. The van der Waals surface area contributed by atoms with E-state index in [0.29, 0.717) is 47.6 Å². The molecule has 0 saturated heterocycles. The molecule has 1 aliphatic rings. The van der Waals surface area contributed by atoms with Gasteiger partial charge in [0.2, 0.25) is 5.95 Å². The van der Waals surface area contributed by atoms with E-state index in [1.54, 1.807) is 6.07 Å². The number of anilines is 3. The number of fused-ring (bicyclic) bond motifs is 3. The predicted octanol–water partition coefficient (Wildman–Crippen LogP) is 4.94. The molecule has 1 aliphatic heterocycles. The summed E-state index contributed by atoms with van der Waals surface area (Å²) < 4.78 is 13.6. The fraction of sp³-hybridized carbons (Fsp3) is 0.333. The number of methoxy groups -OCH3 is 1. The second kappa shape index (κ2) is 11.0. The van der Waals surface area contributed by atoms with Gasteiger partial charge in [-0.2, -0.15) is 0 Å². The molecule has 3 heterocycles. The lowest BCUT2D eigenvalue weighted by atomic mass is 10.1. The van der Waals surface area contributed by atoms with E-state index in [1.807, 2.05) is 49.1 Å². The van der Waals surface area contributed by atoms with Crippen molar-refractivity contribution in [3.63, 3.8) is 0 Å². The molecule has 0 atom stereocenters. The SMILES string of the molecule is COc1cc(N(C)CCN(C)C)c([N+](=O)[O-])cc1Nc1ncc(Cl)c(-c2c3n(c4ccccc24)CCOC3)n1. The smallest absolute Gasteiger partial charge is 0.294 e. The van der Waals surface area contributed by atoms with E-state index in [9.17, 15) is 10.1 Å². The number of benzene rings is 2. The normalized spacial score (nSPS) is 13.0. The van der Waals surface area contributed by atoms with Gasteiger partial charge in [-0.15, -0.1) is 0 Å². The predicted molar refractivity (Wildman–Crippen MR) is 152 cm³/mol. The summed E-state index contributed by atoms with van der Waals surface area (Å²) in [6.07, 6.45) is 1.53. The molecule has 5 rings (SSSR count). The average Bonchev–Trinajstić information content (AvgIpc) is 3.26. The minimum atomic E-state index is -0.403. The van der Waals surface area contributed by atoms with Gasteiger partial charge in [0.1, 0.15) is 11.4 Å². The highest BCUT2D eigenvalue weighted by atomic mass is 35.5. The van der Waals surface area contributed by atoms with Crippen molar-refractivity contribution in [2.75, 3.05) is 58.2 Å². The Kier molecular flexibility index (Phi) is 7.56. The Balaban J connectivity index is 1.56. The van der Waals surface area contributed by atoms with Crippen LogP contribution in [-0.4, -0.2) is 72.3 Å². The summed E-state index contributed by atoms with van der Waals surface area (Å²) in [7, 11) is 7.25. The lowest BCUT2D eigenvalue weighted by Crippen LogP contribution is -2.28. The number of rotatable bonds is 9. The molecular weight excluding hydrogens is 522 g/mol. The van der Waals surface area contributed by atoms with Gasteiger partial charge in [-0.25, -0.2) is 9.97 Å². The van der Waals surface area contributed by atoms with Crippen LogP contribution in [0.1, 0.15) is 5.69 Å². The highest BCUT2D eigenvalue weighted by Gasteiger charge is 2.25. The van der Waals surface area contributed by atoms with Gasteiger partial charge in [-0.05, 0) is 20.2 Å². The summed E-state index contributed by atoms with van der Waals surface area (Å²) in [5, 5.41) is 16.5. The molecule has 2 aromatic carbocycles. The molecule has 0 radical (unpaired) electrons. The third kappa shape index (κ3) is 5.20. The minimum Gasteiger partial charge on any atom is -0.494 e. The Morgan fingerprint density at radius 2 is 2.03 bits per heavy atom. The molecule has 0 aliphatic carbocycles. The van der Waals surface area contributed by atoms with Gasteiger partial charge < -0.3 is 29.2 Å². The van der Waals surface area contributed by atoms with Gasteiger partial charge in [0, 0.05) is 55.3 Å². The number of likely N-dealkylation sites (N-methyl/N-ethyl adjacent to an activating group) is 2. The van der Waals surface area contributed by atoms with Crippen molar-refractivity contribution in [3.05, 3.63) is 63.4 Å². The molecular formula is C27H30ClN7O4. The van der Waals surface area contributed by atoms with Crippen LogP contribution in [-0.2, 0) is 17.9 Å². The minimum absolute atomic E-state index is 0.0570. The van der Waals surface area contributed by atoms with E-state index in [2.05, 4.69) is 20.9 Å². The monoisotopic (exact) mass is 551 g/mol. The van der Waals surface area contributed by atoms with Crippen LogP contribution in [0.2, 0.25) is 5.02 Å². The van der Waals surface area contributed by atoms with Gasteiger partial charge >= 0.3 is 0 Å². The van der Waals surface area contributed by atoms with Crippen molar-refractivity contribution in [1.82, 2.24) is 19.4 Å². The van der Waals surface area contributed by atoms with Gasteiger partial charge in [-0.1, -0.05) is 29.8 Å². The highest BCUT2D eigenvalue weighted by Crippen LogP contribution is 2.41. The maximum Gasteiger partial charge on any atom is 0.294 e. The Morgan fingerprint density at radius 1 is 1.23 bits per heavy atom. The lowest BCUT2D eigenvalue weighted by molar-refractivity contribution is -0.384. The van der Waals surface area contributed by atoms with Crippen LogP contribution in [0.3, 0.4) is 0 Å². The maximum atomic E-state index is 12.0. The van der Waals surface area contributed by atoms with E-state index in [4.69, 9.17) is 26.1 Å². The van der Waals surface area contributed by atoms with Crippen molar-refractivity contribution in [2.45, 2.75) is 13.2 Å². The molecule has 0 spiro atoms. The highest BCUT2D eigenvalue weighted by molar-refractivity contribution is 6.33. The zero-order valence-corrected chi connectivity index (χ0v) is 23.0.